The highest BCUT2D eigenvalue weighted by Gasteiger charge is 2.41. The Hall–Kier alpha value is -1.92. The minimum atomic E-state index is -1.02. The Morgan fingerprint density at radius 2 is 1.59 bits per heavy atom. The van der Waals surface area contributed by atoms with Crippen molar-refractivity contribution >= 4 is 11.9 Å². The van der Waals surface area contributed by atoms with Gasteiger partial charge in [-0.05, 0) is 5.56 Å². The van der Waals surface area contributed by atoms with Gasteiger partial charge in [-0.2, -0.15) is 0 Å². The van der Waals surface area contributed by atoms with Gasteiger partial charge < -0.3 is 14.2 Å². The Labute approximate surface area is 129 Å². The summed E-state index contributed by atoms with van der Waals surface area (Å²) >= 11 is 0. The van der Waals surface area contributed by atoms with Crippen LogP contribution in [0.2, 0.25) is 0 Å². The summed E-state index contributed by atoms with van der Waals surface area (Å²) in [5.41, 5.74) is 0.880. The number of methoxy groups -OCH3 is 2. The molecule has 0 unspecified atom stereocenters. The number of ether oxygens (including phenoxy) is 3. The summed E-state index contributed by atoms with van der Waals surface area (Å²) in [6.45, 7) is 2.42. The number of morpholine rings is 1. The second kappa shape index (κ2) is 7.91. The van der Waals surface area contributed by atoms with E-state index in [1.165, 1.54) is 14.2 Å². The van der Waals surface area contributed by atoms with Crippen molar-refractivity contribution in [3.05, 3.63) is 35.9 Å². The van der Waals surface area contributed by atoms with Gasteiger partial charge in [-0.1, -0.05) is 30.3 Å². The van der Waals surface area contributed by atoms with Gasteiger partial charge in [-0.25, -0.2) is 0 Å². The van der Waals surface area contributed by atoms with E-state index >= 15 is 0 Å². The van der Waals surface area contributed by atoms with Crippen molar-refractivity contribution in [3.63, 3.8) is 0 Å². The van der Waals surface area contributed by atoms with Crippen LogP contribution in [0.25, 0.3) is 0 Å². The number of hydrogen-bond donors (Lipinski definition) is 0. The Bertz CT molecular complexity index is 483. The van der Waals surface area contributed by atoms with Crippen LogP contribution in [0.15, 0.2) is 30.3 Å². The zero-order valence-corrected chi connectivity index (χ0v) is 12.9. The number of nitrogens with zero attached hydrogens (tertiary/aromatic N) is 1. The first-order chi connectivity index (χ1) is 10.7. The summed E-state index contributed by atoms with van der Waals surface area (Å²) in [7, 11) is 2.55. The van der Waals surface area contributed by atoms with Gasteiger partial charge in [0.1, 0.15) is 0 Å². The molecule has 0 spiro atoms. The molecule has 2 rings (SSSR count). The topological polar surface area (TPSA) is 65.1 Å². The van der Waals surface area contributed by atoms with E-state index in [4.69, 9.17) is 14.2 Å². The lowest BCUT2D eigenvalue weighted by Crippen LogP contribution is -2.46. The second-order valence-electron chi connectivity index (χ2n) is 5.03. The molecule has 6 heteroatoms. The third kappa shape index (κ3) is 3.64. The van der Waals surface area contributed by atoms with Gasteiger partial charge in [0.15, 0.2) is 5.92 Å². The van der Waals surface area contributed by atoms with Crippen LogP contribution in [0.5, 0.6) is 0 Å². The standard InChI is InChI=1S/C16H21NO5/c1-20-15(18)13(16(19)21-2)14(12-6-4-3-5-7-12)17-8-10-22-11-9-17/h3-7,13-14H,8-11H2,1-2H3/t14-/m0/s1. The number of hydrogen-bond acceptors (Lipinski definition) is 6. The molecule has 1 heterocycles. The summed E-state index contributed by atoms with van der Waals surface area (Å²) in [4.78, 5) is 26.4. The van der Waals surface area contributed by atoms with Gasteiger partial charge in [0.25, 0.3) is 0 Å². The first kappa shape index (κ1) is 16.5. The molecule has 0 amide bonds. The van der Waals surface area contributed by atoms with Crippen molar-refractivity contribution in [1.82, 2.24) is 4.90 Å². The molecule has 1 aliphatic rings. The monoisotopic (exact) mass is 307 g/mol. The van der Waals surface area contributed by atoms with Crippen molar-refractivity contribution in [2.45, 2.75) is 6.04 Å². The Balaban J connectivity index is 2.40. The number of carbonyl (C=O) groups is 2. The zero-order chi connectivity index (χ0) is 15.9. The molecule has 22 heavy (non-hydrogen) atoms. The maximum atomic E-state index is 12.2. The number of benzene rings is 1. The fourth-order valence-electron chi connectivity index (χ4n) is 2.73. The molecule has 6 nitrogen and oxygen atoms in total. The van der Waals surface area contributed by atoms with Crippen LogP contribution in [0, 0.1) is 5.92 Å². The summed E-state index contributed by atoms with van der Waals surface area (Å²) in [6.07, 6.45) is 0. The van der Waals surface area contributed by atoms with Crippen molar-refractivity contribution in [1.29, 1.82) is 0 Å². The van der Waals surface area contributed by atoms with E-state index in [9.17, 15) is 9.59 Å². The molecule has 0 saturated carbocycles. The van der Waals surface area contributed by atoms with E-state index in [0.29, 0.717) is 26.3 Å². The molecular weight excluding hydrogens is 286 g/mol. The predicted molar refractivity (Wildman–Crippen MR) is 79.1 cm³/mol. The molecule has 1 aliphatic heterocycles. The van der Waals surface area contributed by atoms with Crippen LogP contribution in [0.3, 0.4) is 0 Å². The predicted octanol–water partition coefficient (Wildman–Crippen LogP) is 1.02. The molecule has 1 atom stereocenters. The number of esters is 2. The maximum absolute atomic E-state index is 12.2. The second-order valence-corrected chi connectivity index (χ2v) is 5.03. The Morgan fingerprint density at radius 1 is 1.05 bits per heavy atom. The zero-order valence-electron chi connectivity index (χ0n) is 12.9. The minimum Gasteiger partial charge on any atom is -0.468 e. The SMILES string of the molecule is COC(=O)C(C(=O)OC)[C@H](c1ccccc1)N1CCOCC1. The molecule has 1 saturated heterocycles. The van der Waals surface area contributed by atoms with Crippen molar-refractivity contribution < 1.29 is 23.8 Å². The quantitative estimate of drug-likeness (QED) is 0.598. The van der Waals surface area contributed by atoms with E-state index < -0.39 is 23.9 Å². The minimum absolute atomic E-state index is 0.426. The molecule has 1 aromatic carbocycles. The molecule has 1 fully saturated rings. The van der Waals surface area contributed by atoms with Crippen molar-refractivity contribution in [3.8, 4) is 0 Å². The van der Waals surface area contributed by atoms with Gasteiger partial charge in [0.05, 0.1) is 33.5 Å². The lowest BCUT2D eigenvalue weighted by Gasteiger charge is -2.37. The van der Waals surface area contributed by atoms with Crippen LogP contribution in [0.1, 0.15) is 11.6 Å². The number of carbonyl (C=O) groups excluding carboxylic acids is 2. The smallest absolute Gasteiger partial charge is 0.322 e. The van der Waals surface area contributed by atoms with E-state index in [0.717, 1.165) is 5.56 Å². The maximum Gasteiger partial charge on any atom is 0.322 e. The molecule has 120 valence electrons. The molecule has 0 aromatic heterocycles. The third-order valence-electron chi connectivity index (χ3n) is 3.81. The van der Waals surface area contributed by atoms with Gasteiger partial charge >= 0.3 is 11.9 Å². The van der Waals surface area contributed by atoms with E-state index in [2.05, 4.69) is 4.90 Å². The fraction of sp³-hybridized carbons (Fsp3) is 0.500. The third-order valence-corrected chi connectivity index (χ3v) is 3.81. The van der Waals surface area contributed by atoms with Gasteiger partial charge in [-0.15, -0.1) is 0 Å². The van der Waals surface area contributed by atoms with Crippen LogP contribution < -0.4 is 0 Å². The fourth-order valence-corrected chi connectivity index (χ4v) is 2.73. The van der Waals surface area contributed by atoms with Crippen LogP contribution >= 0.6 is 0 Å². The van der Waals surface area contributed by atoms with Crippen molar-refractivity contribution in [2.75, 3.05) is 40.5 Å². The van der Waals surface area contributed by atoms with Crippen LogP contribution in [-0.4, -0.2) is 57.4 Å². The highest BCUT2D eigenvalue weighted by atomic mass is 16.5. The molecule has 0 N–H and O–H groups in total. The lowest BCUT2D eigenvalue weighted by molar-refractivity contribution is -0.163. The van der Waals surface area contributed by atoms with Crippen LogP contribution in [-0.2, 0) is 23.8 Å². The molecule has 1 aromatic rings. The molecule has 0 radical (unpaired) electrons. The first-order valence-electron chi connectivity index (χ1n) is 7.21. The van der Waals surface area contributed by atoms with E-state index in [1.807, 2.05) is 30.3 Å². The average molecular weight is 307 g/mol. The summed E-state index contributed by atoms with van der Waals surface area (Å²) < 4.78 is 15.0. The summed E-state index contributed by atoms with van der Waals surface area (Å²) in [5.74, 6) is -2.20. The lowest BCUT2D eigenvalue weighted by atomic mass is 9.91. The Morgan fingerprint density at radius 3 is 2.09 bits per heavy atom. The van der Waals surface area contributed by atoms with E-state index in [1.54, 1.807) is 0 Å². The van der Waals surface area contributed by atoms with Crippen LogP contribution in [0.4, 0.5) is 0 Å². The average Bonchev–Trinajstić information content (AvgIpc) is 2.59. The summed E-state index contributed by atoms with van der Waals surface area (Å²) in [6, 6.07) is 9.04. The molecule has 0 bridgehead atoms. The molecular formula is C16H21NO5. The van der Waals surface area contributed by atoms with Gasteiger partial charge in [0, 0.05) is 13.1 Å². The molecule has 0 aliphatic carbocycles. The van der Waals surface area contributed by atoms with Gasteiger partial charge in [-0.3, -0.25) is 14.5 Å². The largest absolute Gasteiger partial charge is 0.468 e. The van der Waals surface area contributed by atoms with Crippen molar-refractivity contribution in [2.24, 2.45) is 5.92 Å². The summed E-state index contributed by atoms with van der Waals surface area (Å²) in [5, 5.41) is 0. The first-order valence-corrected chi connectivity index (χ1v) is 7.21. The Kier molecular flexibility index (Phi) is 5.91. The van der Waals surface area contributed by atoms with Gasteiger partial charge in [0.2, 0.25) is 0 Å². The number of rotatable bonds is 5. The highest BCUT2D eigenvalue weighted by Crippen LogP contribution is 2.31. The highest BCUT2D eigenvalue weighted by molar-refractivity contribution is 5.95. The normalized spacial score (nSPS) is 17.0. The van der Waals surface area contributed by atoms with E-state index in [-0.39, 0.29) is 0 Å².